The maximum Gasteiger partial charge on any atom is 0.141 e. The van der Waals surface area contributed by atoms with E-state index in [0.29, 0.717) is 0 Å². The summed E-state index contributed by atoms with van der Waals surface area (Å²) in [4.78, 5) is 4.05. The molecular formula is C5H9N5. The number of aliphatic imine (C=N–C) groups is 1. The number of nitrogens with zero attached hydrogens (tertiary/aromatic N) is 2. The van der Waals surface area contributed by atoms with Gasteiger partial charge in [-0.3, -0.25) is 10.3 Å². The molecule has 0 saturated carbocycles. The van der Waals surface area contributed by atoms with Crippen LogP contribution in [0.25, 0.3) is 0 Å². The molecular weight excluding hydrogens is 130 g/mol. The Morgan fingerprint density at radius 3 is 3.50 bits per heavy atom. The van der Waals surface area contributed by atoms with Crippen LogP contribution < -0.4 is 16.5 Å². The lowest BCUT2D eigenvalue weighted by Crippen LogP contribution is -2.51. The second-order valence-electron chi connectivity index (χ2n) is 2.25. The summed E-state index contributed by atoms with van der Waals surface area (Å²) < 4.78 is 0. The Labute approximate surface area is 58.6 Å². The van der Waals surface area contributed by atoms with E-state index < -0.39 is 0 Å². The second kappa shape index (κ2) is 1.96. The molecule has 2 aliphatic heterocycles. The molecule has 10 heavy (non-hydrogen) atoms. The minimum absolute atomic E-state index is 0.0706. The lowest BCUT2D eigenvalue weighted by molar-refractivity contribution is 0.316. The van der Waals surface area contributed by atoms with Crippen LogP contribution in [0.2, 0.25) is 0 Å². The van der Waals surface area contributed by atoms with Crippen molar-refractivity contribution in [2.75, 3.05) is 6.67 Å². The zero-order chi connectivity index (χ0) is 6.97. The predicted molar refractivity (Wildman–Crippen MR) is 37.5 cm³/mol. The molecule has 0 bridgehead atoms. The molecule has 2 aliphatic rings. The summed E-state index contributed by atoms with van der Waals surface area (Å²) in [6.07, 6.45) is 3.54. The van der Waals surface area contributed by atoms with Crippen molar-refractivity contribution in [3.05, 3.63) is 11.9 Å². The fourth-order valence-corrected chi connectivity index (χ4v) is 1.06. The molecule has 0 spiro atoms. The Balaban J connectivity index is 2.24. The van der Waals surface area contributed by atoms with Gasteiger partial charge in [0.05, 0.1) is 12.4 Å². The number of hydrazine groups is 1. The average Bonchev–Trinajstić information content (AvgIpc) is 2.34. The second-order valence-corrected chi connectivity index (χ2v) is 2.25. The third-order valence-electron chi connectivity index (χ3n) is 1.57. The fourth-order valence-electron chi connectivity index (χ4n) is 1.06. The van der Waals surface area contributed by atoms with E-state index >= 15 is 0 Å². The lowest BCUT2D eigenvalue weighted by atomic mass is 10.3. The third kappa shape index (κ3) is 0.680. The molecule has 2 rings (SSSR count). The monoisotopic (exact) mass is 139 g/mol. The molecule has 0 aromatic carbocycles. The molecule has 0 amide bonds. The number of hydrogen-bond donors (Lipinski definition) is 3. The normalized spacial score (nSPS) is 29.5. The molecule has 0 aromatic rings. The van der Waals surface area contributed by atoms with Crippen LogP contribution >= 0.6 is 0 Å². The first kappa shape index (κ1) is 5.70. The molecule has 5 heteroatoms. The molecule has 5 nitrogen and oxygen atoms in total. The van der Waals surface area contributed by atoms with Gasteiger partial charge in [0, 0.05) is 6.20 Å². The fraction of sp³-hybridized carbons (Fsp3) is 0.400. The maximum atomic E-state index is 5.54. The molecule has 1 atom stereocenters. The SMILES string of the molecule is NN1C=NC2=CNCNC21. The molecule has 0 radical (unpaired) electrons. The highest BCUT2D eigenvalue weighted by Crippen LogP contribution is 2.12. The summed E-state index contributed by atoms with van der Waals surface area (Å²) in [5.74, 6) is 5.54. The van der Waals surface area contributed by atoms with Crippen LogP contribution in [0.1, 0.15) is 0 Å². The summed E-state index contributed by atoms with van der Waals surface area (Å²) in [6, 6.07) is 0. The van der Waals surface area contributed by atoms with Crippen molar-refractivity contribution in [2.24, 2.45) is 10.8 Å². The van der Waals surface area contributed by atoms with E-state index in [-0.39, 0.29) is 6.17 Å². The highest BCUT2D eigenvalue weighted by Gasteiger charge is 2.24. The van der Waals surface area contributed by atoms with Gasteiger partial charge in [-0.2, -0.15) is 0 Å². The van der Waals surface area contributed by atoms with E-state index in [4.69, 9.17) is 5.84 Å². The van der Waals surface area contributed by atoms with Crippen molar-refractivity contribution < 1.29 is 0 Å². The van der Waals surface area contributed by atoms with Crippen LogP contribution in [-0.4, -0.2) is 24.2 Å². The van der Waals surface area contributed by atoms with Crippen molar-refractivity contribution in [1.82, 2.24) is 15.6 Å². The van der Waals surface area contributed by atoms with E-state index in [1.165, 1.54) is 0 Å². The summed E-state index contributed by atoms with van der Waals surface area (Å²) >= 11 is 0. The Kier molecular flexibility index (Phi) is 1.12. The Morgan fingerprint density at radius 2 is 2.70 bits per heavy atom. The number of nitrogens with one attached hydrogen (secondary N) is 2. The van der Waals surface area contributed by atoms with Gasteiger partial charge in [0.15, 0.2) is 0 Å². The van der Waals surface area contributed by atoms with Crippen molar-refractivity contribution >= 4 is 6.34 Å². The first-order chi connectivity index (χ1) is 4.88. The highest BCUT2D eigenvalue weighted by molar-refractivity contribution is 5.61. The maximum absolute atomic E-state index is 5.54. The van der Waals surface area contributed by atoms with Gasteiger partial charge < -0.3 is 5.32 Å². The Morgan fingerprint density at radius 1 is 1.80 bits per heavy atom. The van der Waals surface area contributed by atoms with Gasteiger partial charge in [-0.05, 0) is 0 Å². The molecule has 4 N–H and O–H groups in total. The third-order valence-corrected chi connectivity index (χ3v) is 1.57. The number of hydrogen-bond acceptors (Lipinski definition) is 5. The van der Waals surface area contributed by atoms with Crippen LogP contribution in [0.5, 0.6) is 0 Å². The Hall–Kier alpha value is -1.07. The summed E-state index contributed by atoms with van der Waals surface area (Å²) in [5, 5.41) is 7.68. The molecule has 0 saturated heterocycles. The van der Waals surface area contributed by atoms with Crippen LogP contribution in [0.4, 0.5) is 0 Å². The lowest BCUT2D eigenvalue weighted by Gasteiger charge is -2.24. The van der Waals surface area contributed by atoms with E-state index in [9.17, 15) is 0 Å². The van der Waals surface area contributed by atoms with Gasteiger partial charge in [-0.15, -0.1) is 0 Å². The molecule has 54 valence electrons. The van der Waals surface area contributed by atoms with Gasteiger partial charge in [0.2, 0.25) is 0 Å². The van der Waals surface area contributed by atoms with E-state index in [1.54, 1.807) is 11.3 Å². The number of rotatable bonds is 0. The van der Waals surface area contributed by atoms with Crippen molar-refractivity contribution in [3.63, 3.8) is 0 Å². The van der Waals surface area contributed by atoms with Crippen LogP contribution in [0.3, 0.4) is 0 Å². The van der Waals surface area contributed by atoms with Crippen molar-refractivity contribution in [1.29, 1.82) is 0 Å². The summed E-state index contributed by atoms with van der Waals surface area (Å²) in [5.41, 5.74) is 0.939. The summed E-state index contributed by atoms with van der Waals surface area (Å²) in [6.45, 7) is 0.741. The predicted octanol–water partition coefficient (Wildman–Crippen LogP) is -1.48. The molecule has 0 aliphatic carbocycles. The van der Waals surface area contributed by atoms with Crippen LogP contribution in [0.15, 0.2) is 16.9 Å². The van der Waals surface area contributed by atoms with Gasteiger partial charge in [0.1, 0.15) is 12.5 Å². The van der Waals surface area contributed by atoms with Crippen molar-refractivity contribution in [2.45, 2.75) is 6.17 Å². The largest absolute Gasteiger partial charge is 0.377 e. The Bertz CT molecular complexity index is 196. The quantitative estimate of drug-likeness (QED) is 0.358. The molecule has 1 unspecified atom stereocenters. The smallest absolute Gasteiger partial charge is 0.141 e. The van der Waals surface area contributed by atoms with E-state index in [0.717, 1.165) is 12.4 Å². The number of fused-ring (bicyclic) bond motifs is 1. The molecule has 0 fully saturated rings. The van der Waals surface area contributed by atoms with E-state index in [2.05, 4.69) is 15.6 Å². The minimum Gasteiger partial charge on any atom is -0.377 e. The number of nitrogens with two attached hydrogens (primary N) is 1. The zero-order valence-corrected chi connectivity index (χ0v) is 5.41. The minimum atomic E-state index is 0.0706. The van der Waals surface area contributed by atoms with Gasteiger partial charge in [-0.25, -0.2) is 10.8 Å². The molecule has 0 aromatic heterocycles. The molecule has 2 heterocycles. The van der Waals surface area contributed by atoms with Crippen LogP contribution in [0, 0.1) is 0 Å². The van der Waals surface area contributed by atoms with Crippen molar-refractivity contribution in [3.8, 4) is 0 Å². The van der Waals surface area contributed by atoms with Gasteiger partial charge in [-0.1, -0.05) is 0 Å². The first-order valence-corrected chi connectivity index (χ1v) is 3.12. The van der Waals surface area contributed by atoms with E-state index in [1.807, 2.05) is 6.20 Å². The van der Waals surface area contributed by atoms with Gasteiger partial charge in [0.25, 0.3) is 0 Å². The van der Waals surface area contributed by atoms with Crippen LogP contribution in [-0.2, 0) is 0 Å². The highest BCUT2D eigenvalue weighted by atomic mass is 15.5. The topological polar surface area (TPSA) is 65.7 Å². The first-order valence-electron chi connectivity index (χ1n) is 3.12. The standard InChI is InChI=1S/C5H9N5/c6-10-3-9-4-1-7-2-8-5(4)10/h1,3,5,7-8H,2,6H2. The zero-order valence-electron chi connectivity index (χ0n) is 5.41. The average molecular weight is 139 g/mol. The summed E-state index contributed by atoms with van der Waals surface area (Å²) in [7, 11) is 0. The van der Waals surface area contributed by atoms with Gasteiger partial charge >= 0.3 is 0 Å².